The Labute approximate surface area is 173 Å². The van der Waals surface area contributed by atoms with Crippen LogP contribution in [0, 0.1) is 0 Å². The molecule has 0 spiro atoms. The zero-order valence-electron chi connectivity index (χ0n) is 17.4. The van der Waals surface area contributed by atoms with E-state index in [2.05, 4.69) is 52.0 Å². The van der Waals surface area contributed by atoms with Crippen molar-refractivity contribution in [1.29, 1.82) is 0 Å². The summed E-state index contributed by atoms with van der Waals surface area (Å²) in [7, 11) is 0. The lowest BCUT2D eigenvalue weighted by molar-refractivity contribution is -0.115. The van der Waals surface area contributed by atoms with Crippen molar-refractivity contribution in [3.63, 3.8) is 0 Å². The predicted octanol–water partition coefficient (Wildman–Crippen LogP) is 6.33. The average molecular weight is 398 g/mol. The van der Waals surface area contributed by atoms with Gasteiger partial charge in [0, 0.05) is 5.69 Å². The molecule has 0 bridgehead atoms. The zero-order valence-corrected chi connectivity index (χ0v) is 18.2. The van der Waals surface area contributed by atoms with E-state index < -0.39 is 0 Å². The van der Waals surface area contributed by atoms with Crippen molar-refractivity contribution in [2.75, 3.05) is 17.3 Å². The molecule has 28 heavy (non-hydrogen) atoms. The monoisotopic (exact) mass is 397 g/mol. The van der Waals surface area contributed by atoms with Gasteiger partial charge in [-0.15, -0.1) is 11.8 Å². The standard InChI is InChI=1S/C24H31NO2S/c1-5-6-7-16-27-21-14-12-20(13-15-21)25-22(26)17-28-23(25)18-8-10-19(11-9-18)24(2,3)4/h8-15,23H,5-7,16-17H2,1-4H3/t23-/m1/s1. The molecule has 150 valence electrons. The number of thioether (sulfide) groups is 1. The Kier molecular flexibility index (Phi) is 6.71. The zero-order chi connectivity index (χ0) is 20.1. The molecular formula is C24H31NO2S. The van der Waals surface area contributed by atoms with Crippen LogP contribution >= 0.6 is 11.8 Å². The first kappa shape index (κ1) is 20.8. The Balaban J connectivity index is 1.73. The molecule has 1 fully saturated rings. The third-order valence-corrected chi connectivity index (χ3v) is 6.27. The van der Waals surface area contributed by atoms with Gasteiger partial charge in [0.1, 0.15) is 11.1 Å². The molecule has 1 saturated heterocycles. The number of anilines is 1. The topological polar surface area (TPSA) is 29.5 Å². The number of hydrogen-bond donors (Lipinski definition) is 0. The number of amides is 1. The summed E-state index contributed by atoms with van der Waals surface area (Å²) in [6, 6.07) is 16.6. The summed E-state index contributed by atoms with van der Waals surface area (Å²) in [6.07, 6.45) is 3.45. The van der Waals surface area contributed by atoms with Crippen molar-refractivity contribution in [3.05, 3.63) is 59.7 Å². The summed E-state index contributed by atoms with van der Waals surface area (Å²) in [5.41, 5.74) is 3.54. The number of benzene rings is 2. The molecule has 0 unspecified atom stereocenters. The Morgan fingerprint density at radius 3 is 2.32 bits per heavy atom. The maximum atomic E-state index is 12.6. The molecule has 1 heterocycles. The molecule has 0 N–H and O–H groups in total. The number of hydrogen-bond acceptors (Lipinski definition) is 3. The number of unbranched alkanes of at least 4 members (excludes halogenated alkanes) is 2. The van der Waals surface area contributed by atoms with Gasteiger partial charge in [0.05, 0.1) is 12.4 Å². The van der Waals surface area contributed by atoms with E-state index in [-0.39, 0.29) is 16.7 Å². The van der Waals surface area contributed by atoms with Crippen LogP contribution in [0.5, 0.6) is 5.75 Å². The number of nitrogens with zero attached hydrogens (tertiary/aromatic N) is 1. The maximum Gasteiger partial charge on any atom is 0.238 e. The van der Waals surface area contributed by atoms with Gasteiger partial charge in [-0.25, -0.2) is 0 Å². The average Bonchev–Trinajstić information content (AvgIpc) is 3.07. The van der Waals surface area contributed by atoms with Crippen LogP contribution in [-0.2, 0) is 10.2 Å². The molecule has 4 heteroatoms. The Morgan fingerprint density at radius 2 is 1.71 bits per heavy atom. The lowest BCUT2D eigenvalue weighted by Gasteiger charge is -2.26. The van der Waals surface area contributed by atoms with Crippen molar-refractivity contribution in [2.24, 2.45) is 0 Å². The molecular weight excluding hydrogens is 366 g/mol. The molecule has 0 aliphatic carbocycles. The van der Waals surface area contributed by atoms with Gasteiger partial charge in [-0.1, -0.05) is 64.8 Å². The first-order valence-electron chi connectivity index (χ1n) is 10.2. The fourth-order valence-corrected chi connectivity index (χ4v) is 4.52. The summed E-state index contributed by atoms with van der Waals surface area (Å²) in [5, 5.41) is 0.0258. The van der Waals surface area contributed by atoms with E-state index in [0.29, 0.717) is 5.75 Å². The fraction of sp³-hybridized carbons (Fsp3) is 0.458. The minimum Gasteiger partial charge on any atom is -0.494 e. The Bertz CT molecular complexity index is 778. The van der Waals surface area contributed by atoms with Gasteiger partial charge in [-0.3, -0.25) is 9.69 Å². The Morgan fingerprint density at radius 1 is 1.04 bits per heavy atom. The van der Waals surface area contributed by atoms with Crippen LogP contribution < -0.4 is 9.64 Å². The second-order valence-corrected chi connectivity index (χ2v) is 9.42. The minimum absolute atomic E-state index is 0.0258. The van der Waals surface area contributed by atoms with E-state index >= 15 is 0 Å². The van der Waals surface area contributed by atoms with Crippen molar-refractivity contribution in [3.8, 4) is 5.75 Å². The third kappa shape index (κ3) is 4.91. The second kappa shape index (κ2) is 9.04. The lowest BCUT2D eigenvalue weighted by Crippen LogP contribution is -2.27. The van der Waals surface area contributed by atoms with Crippen LogP contribution in [0.1, 0.15) is 63.5 Å². The van der Waals surface area contributed by atoms with Crippen LogP contribution in [0.4, 0.5) is 5.69 Å². The molecule has 3 rings (SSSR count). The largest absolute Gasteiger partial charge is 0.494 e. The van der Waals surface area contributed by atoms with Gasteiger partial charge >= 0.3 is 0 Å². The highest BCUT2D eigenvalue weighted by molar-refractivity contribution is 8.00. The third-order valence-electron chi connectivity index (χ3n) is 5.06. The van der Waals surface area contributed by atoms with E-state index in [1.54, 1.807) is 11.8 Å². The van der Waals surface area contributed by atoms with Crippen molar-refractivity contribution >= 4 is 23.4 Å². The quantitative estimate of drug-likeness (QED) is 0.511. The molecule has 2 aromatic carbocycles. The highest BCUT2D eigenvalue weighted by Crippen LogP contribution is 2.42. The van der Waals surface area contributed by atoms with Crippen LogP contribution in [0.15, 0.2) is 48.5 Å². The Hall–Kier alpha value is -1.94. The molecule has 1 amide bonds. The molecule has 0 radical (unpaired) electrons. The molecule has 3 nitrogen and oxygen atoms in total. The first-order chi connectivity index (χ1) is 13.4. The summed E-state index contributed by atoms with van der Waals surface area (Å²) < 4.78 is 5.80. The number of ether oxygens (including phenoxy) is 1. The van der Waals surface area contributed by atoms with Crippen molar-refractivity contribution in [1.82, 2.24) is 0 Å². The molecule has 0 aromatic heterocycles. The van der Waals surface area contributed by atoms with E-state index in [1.165, 1.54) is 24.0 Å². The van der Waals surface area contributed by atoms with Crippen molar-refractivity contribution in [2.45, 2.75) is 57.7 Å². The lowest BCUT2D eigenvalue weighted by atomic mass is 9.86. The summed E-state index contributed by atoms with van der Waals surface area (Å²) >= 11 is 1.69. The number of rotatable bonds is 7. The highest BCUT2D eigenvalue weighted by atomic mass is 32.2. The number of carbonyl (C=O) groups is 1. The smallest absolute Gasteiger partial charge is 0.238 e. The van der Waals surface area contributed by atoms with Gasteiger partial charge in [0.25, 0.3) is 0 Å². The highest BCUT2D eigenvalue weighted by Gasteiger charge is 2.34. The van der Waals surface area contributed by atoms with E-state index in [0.717, 1.165) is 24.5 Å². The maximum absolute atomic E-state index is 12.6. The predicted molar refractivity (Wildman–Crippen MR) is 119 cm³/mol. The van der Waals surface area contributed by atoms with Crippen LogP contribution in [-0.4, -0.2) is 18.3 Å². The van der Waals surface area contributed by atoms with Crippen LogP contribution in [0.2, 0.25) is 0 Å². The molecule has 2 aromatic rings. The molecule has 1 atom stereocenters. The van der Waals surface area contributed by atoms with Gasteiger partial charge in [-0.2, -0.15) is 0 Å². The first-order valence-corrected chi connectivity index (χ1v) is 11.2. The van der Waals surface area contributed by atoms with Gasteiger partial charge < -0.3 is 4.74 Å². The number of carbonyl (C=O) groups excluding carboxylic acids is 1. The molecule has 1 aliphatic heterocycles. The van der Waals surface area contributed by atoms with E-state index in [1.807, 2.05) is 29.2 Å². The van der Waals surface area contributed by atoms with E-state index in [4.69, 9.17) is 4.74 Å². The van der Waals surface area contributed by atoms with Crippen LogP contribution in [0.3, 0.4) is 0 Å². The molecule has 0 saturated carbocycles. The minimum atomic E-state index is 0.0258. The van der Waals surface area contributed by atoms with Gasteiger partial charge in [-0.05, 0) is 47.2 Å². The second-order valence-electron chi connectivity index (χ2n) is 8.35. The van der Waals surface area contributed by atoms with Crippen molar-refractivity contribution < 1.29 is 9.53 Å². The SMILES string of the molecule is CCCCCOc1ccc(N2C(=O)CS[C@@H]2c2ccc(C(C)(C)C)cc2)cc1. The van der Waals surface area contributed by atoms with E-state index in [9.17, 15) is 4.79 Å². The fourth-order valence-electron chi connectivity index (χ4n) is 3.34. The van der Waals surface area contributed by atoms with Gasteiger partial charge in [0.2, 0.25) is 5.91 Å². The molecule has 1 aliphatic rings. The summed E-state index contributed by atoms with van der Waals surface area (Å²) in [6.45, 7) is 9.58. The summed E-state index contributed by atoms with van der Waals surface area (Å²) in [5.74, 6) is 1.54. The summed E-state index contributed by atoms with van der Waals surface area (Å²) in [4.78, 5) is 14.5. The normalized spacial score (nSPS) is 17.2. The van der Waals surface area contributed by atoms with Gasteiger partial charge in [0.15, 0.2) is 0 Å². The van der Waals surface area contributed by atoms with Crippen LogP contribution in [0.25, 0.3) is 0 Å².